The average Bonchev–Trinajstić information content (AvgIpc) is 2.99. The lowest BCUT2D eigenvalue weighted by Gasteiger charge is -2.32. The zero-order chi connectivity index (χ0) is 19.4. The maximum absolute atomic E-state index is 12.3. The first kappa shape index (κ1) is 19.5. The van der Waals surface area contributed by atoms with Crippen LogP contribution in [0, 0.1) is 0 Å². The quantitative estimate of drug-likeness (QED) is 0.555. The Morgan fingerprint density at radius 3 is 2.63 bits per heavy atom. The summed E-state index contributed by atoms with van der Waals surface area (Å²) in [6.07, 6.45) is 3.45. The van der Waals surface area contributed by atoms with Crippen molar-refractivity contribution in [3.05, 3.63) is 33.8 Å². The van der Waals surface area contributed by atoms with Gasteiger partial charge in [0.25, 0.3) is 0 Å². The van der Waals surface area contributed by atoms with Crippen molar-refractivity contribution < 1.29 is 18.7 Å². The first-order valence-electron chi connectivity index (χ1n) is 9.15. The summed E-state index contributed by atoms with van der Waals surface area (Å²) in [5, 5.41) is 0.552. The van der Waals surface area contributed by atoms with Gasteiger partial charge in [-0.15, -0.1) is 0 Å². The van der Waals surface area contributed by atoms with Crippen molar-refractivity contribution in [1.82, 2.24) is 9.47 Å². The van der Waals surface area contributed by atoms with Gasteiger partial charge in [-0.25, -0.2) is 4.79 Å². The van der Waals surface area contributed by atoms with E-state index in [9.17, 15) is 14.4 Å². The Bertz CT molecular complexity index is 880. The van der Waals surface area contributed by atoms with Gasteiger partial charge >= 0.3 is 11.7 Å². The number of piperidine rings is 1. The zero-order valence-corrected chi connectivity index (χ0v) is 16.0. The minimum Gasteiger partial charge on any atom is -0.469 e. The smallest absolute Gasteiger partial charge is 0.420 e. The summed E-state index contributed by atoms with van der Waals surface area (Å²) in [5.41, 5.74) is 1.22. The van der Waals surface area contributed by atoms with Gasteiger partial charge in [0, 0.05) is 37.0 Å². The van der Waals surface area contributed by atoms with E-state index >= 15 is 0 Å². The molecule has 146 valence electrons. The third-order valence-corrected chi connectivity index (χ3v) is 5.24. The van der Waals surface area contributed by atoms with Crippen molar-refractivity contribution in [2.24, 2.45) is 0 Å². The molecule has 1 aliphatic rings. The number of aromatic nitrogens is 1. The first-order valence-corrected chi connectivity index (χ1v) is 9.52. The molecule has 0 unspecified atom stereocenters. The topological polar surface area (TPSA) is 81.8 Å². The van der Waals surface area contributed by atoms with E-state index in [4.69, 9.17) is 16.0 Å². The molecule has 0 radical (unpaired) electrons. The number of carbonyl (C=O) groups is 2. The number of hydrogen-bond acceptors (Lipinski definition) is 5. The van der Waals surface area contributed by atoms with Gasteiger partial charge in [0.05, 0.1) is 12.6 Å². The summed E-state index contributed by atoms with van der Waals surface area (Å²) in [4.78, 5) is 37.5. The largest absolute Gasteiger partial charge is 0.469 e. The zero-order valence-electron chi connectivity index (χ0n) is 15.3. The van der Waals surface area contributed by atoms with E-state index in [1.54, 1.807) is 22.8 Å². The molecule has 0 N–H and O–H groups in total. The van der Waals surface area contributed by atoms with E-state index in [0.717, 1.165) is 0 Å². The molecule has 8 heteroatoms. The van der Waals surface area contributed by atoms with Gasteiger partial charge in [0.2, 0.25) is 5.91 Å². The first-order chi connectivity index (χ1) is 13.0. The van der Waals surface area contributed by atoms with E-state index in [2.05, 4.69) is 4.74 Å². The molecule has 0 bridgehead atoms. The van der Waals surface area contributed by atoms with Gasteiger partial charge in [-0.2, -0.15) is 0 Å². The van der Waals surface area contributed by atoms with Gasteiger partial charge in [0.1, 0.15) is 0 Å². The number of benzene rings is 1. The molecule has 27 heavy (non-hydrogen) atoms. The molecular weight excluding hydrogens is 372 g/mol. The van der Waals surface area contributed by atoms with Crippen molar-refractivity contribution in [2.75, 3.05) is 20.2 Å². The van der Waals surface area contributed by atoms with Crippen LogP contribution in [-0.4, -0.2) is 41.5 Å². The Balaban J connectivity index is 1.55. The molecule has 1 fully saturated rings. The minimum atomic E-state index is -0.389. The fourth-order valence-electron chi connectivity index (χ4n) is 3.53. The predicted octanol–water partition coefficient (Wildman–Crippen LogP) is 3.14. The van der Waals surface area contributed by atoms with Crippen molar-refractivity contribution in [1.29, 1.82) is 0 Å². The van der Waals surface area contributed by atoms with Crippen molar-refractivity contribution >= 4 is 34.6 Å². The number of halogens is 1. The van der Waals surface area contributed by atoms with E-state index < -0.39 is 0 Å². The molecule has 3 rings (SSSR count). The molecule has 0 saturated carbocycles. The van der Waals surface area contributed by atoms with Crippen LogP contribution in [0.2, 0.25) is 5.02 Å². The monoisotopic (exact) mass is 394 g/mol. The van der Waals surface area contributed by atoms with Crippen LogP contribution in [0.5, 0.6) is 0 Å². The lowest BCUT2D eigenvalue weighted by Crippen LogP contribution is -2.40. The highest BCUT2D eigenvalue weighted by Gasteiger charge is 2.26. The second kappa shape index (κ2) is 8.61. The summed E-state index contributed by atoms with van der Waals surface area (Å²) in [5.74, 6) is -0.549. The molecule has 0 spiro atoms. The molecule has 0 atom stereocenters. The minimum absolute atomic E-state index is 0.0133. The van der Waals surface area contributed by atoms with Crippen molar-refractivity contribution in [3.63, 3.8) is 0 Å². The number of fused-ring (bicyclic) bond motifs is 1. The molecular formula is C19H23ClN2O5. The van der Waals surface area contributed by atoms with Crippen molar-refractivity contribution in [3.8, 4) is 0 Å². The van der Waals surface area contributed by atoms with Crippen LogP contribution in [-0.2, 0) is 14.3 Å². The van der Waals surface area contributed by atoms with Gasteiger partial charge in [-0.3, -0.25) is 14.2 Å². The standard InChI is InChI=1S/C19H23ClN2O5/c1-26-18(24)5-3-2-4-17(23)21-10-8-14(9-11-21)22-15-12-13(20)6-7-16(15)27-19(22)25/h6-7,12,14H,2-5,8-11H2,1H3. The summed E-state index contributed by atoms with van der Waals surface area (Å²) in [6.45, 7) is 1.19. The lowest BCUT2D eigenvalue weighted by molar-refractivity contribution is -0.141. The Kier molecular flexibility index (Phi) is 6.21. The predicted molar refractivity (Wildman–Crippen MR) is 101 cm³/mol. The van der Waals surface area contributed by atoms with E-state index in [1.807, 2.05) is 4.90 Å². The number of nitrogens with zero attached hydrogens (tertiary/aromatic N) is 2. The molecule has 1 aromatic carbocycles. The number of rotatable bonds is 6. The van der Waals surface area contributed by atoms with Crippen molar-refractivity contribution in [2.45, 2.75) is 44.6 Å². The molecule has 1 saturated heterocycles. The highest BCUT2D eigenvalue weighted by molar-refractivity contribution is 6.31. The van der Waals surface area contributed by atoms with Crippen LogP contribution in [0.25, 0.3) is 11.1 Å². The van der Waals surface area contributed by atoms with Gasteiger partial charge < -0.3 is 14.1 Å². The summed E-state index contributed by atoms with van der Waals surface area (Å²) >= 11 is 6.05. The fourth-order valence-corrected chi connectivity index (χ4v) is 3.70. The average molecular weight is 395 g/mol. The SMILES string of the molecule is COC(=O)CCCCC(=O)N1CCC(n2c(=O)oc3ccc(Cl)cc32)CC1. The fraction of sp³-hybridized carbons (Fsp3) is 0.526. The molecule has 0 aliphatic carbocycles. The summed E-state index contributed by atoms with van der Waals surface area (Å²) in [7, 11) is 1.36. The Labute approximate surface area is 161 Å². The highest BCUT2D eigenvalue weighted by atomic mass is 35.5. The number of likely N-dealkylation sites (tertiary alicyclic amines) is 1. The molecule has 1 aromatic heterocycles. The van der Waals surface area contributed by atoms with E-state index in [-0.39, 0.29) is 23.7 Å². The van der Waals surface area contributed by atoms with Gasteiger partial charge in [0.15, 0.2) is 5.58 Å². The summed E-state index contributed by atoms with van der Waals surface area (Å²) < 4.78 is 11.5. The number of oxazole rings is 1. The number of esters is 1. The summed E-state index contributed by atoms with van der Waals surface area (Å²) in [6, 6.07) is 5.11. The molecule has 2 aromatic rings. The van der Waals surface area contributed by atoms with E-state index in [0.29, 0.717) is 67.7 Å². The second-order valence-electron chi connectivity index (χ2n) is 6.75. The number of carbonyl (C=O) groups excluding carboxylic acids is 2. The molecule has 1 amide bonds. The third kappa shape index (κ3) is 4.53. The third-order valence-electron chi connectivity index (χ3n) is 5.01. The molecule has 1 aliphatic heterocycles. The van der Waals surface area contributed by atoms with Crippen LogP contribution in [0.4, 0.5) is 0 Å². The second-order valence-corrected chi connectivity index (χ2v) is 7.18. The van der Waals surface area contributed by atoms with E-state index in [1.165, 1.54) is 7.11 Å². The number of amides is 1. The van der Waals surface area contributed by atoms with Crippen LogP contribution in [0.15, 0.2) is 27.4 Å². The Hall–Kier alpha value is -2.28. The van der Waals surface area contributed by atoms with Gasteiger partial charge in [-0.05, 0) is 43.9 Å². The highest BCUT2D eigenvalue weighted by Crippen LogP contribution is 2.27. The number of methoxy groups -OCH3 is 1. The Morgan fingerprint density at radius 2 is 1.93 bits per heavy atom. The van der Waals surface area contributed by atoms with Crippen LogP contribution >= 0.6 is 11.6 Å². The van der Waals surface area contributed by atoms with Crippen LogP contribution < -0.4 is 5.76 Å². The molecule has 2 heterocycles. The lowest BCUT2D eigenvalue weighted by atomic mass is 10.0. The number of unbranched alkanes of at least 4 members (excludes halogenated alkanes) is 1. The number of hydrogen-bond donors (Lipinski definition) is 0. The van der Waals surface area contributed by atoms with Crippen LogP contribution in [0.1, 0.15) is 44.6 Å². The maximum Gasteiger partial charge on any atom is 0.420 e. The molecule has 7 nitrogen and oxygen atoms in total. The number of ether oxygens (including phenoxy) is 1. The van der Waals surface area contributed by atoms with Gasteiger partial charge in [-0.1, -0.05) is 11.6 Å². The van der Waals surface area contributed by atoms with Crippen LogP contribution in [0.3, 0.4) is 0 Å². The Morgan fingerprint density at radius 1 is 1.22 bits per heavy atom. The normalized spacial score (nSPS) is 15.3. The maximum atomic E-state index is 12.3.